The molecule has 78 valence electrons. The zero-order valence-electron chi connectivity index (χ0n) is 7.68. The summed E-state index contributed by atoms with van der Waals surface area (Å²) in [5, 5.41) is 2.28. The van der Waals surface area contributed by atoms with Crippen molar-refractivity contribution in [3.63, 3.8) is 0 Å². The molecule has 0 bridgehead atoms. The number of nitrogens with two attached hydrogens (primary N) is 1. The number of nitrogens with zero attached hydrogens (tertiary/aromatic N) is 2. The van der Waals surface area contributed by atoms with Gasteiger partial charge in [0.15, 0.2) is 0 Å². The summed E-state index contributed by atoms with van der Waals surface area (Å²) < 4.78 is 1.87. The van der Waals surface area contributed by atoms with E-state index in [0.29, 0.717) is 16.4 Å². The van der Waals surface area contributed by atoms with Gasteiger partial charge in [-0.15, -0.1) is 11.3 Å². The fourth-order valence-electron chi connectivity index (χ4n) is 1.23. The predicted octanol–water partition coefficient (Wildman–Crippen LogP) is 1.75. The van der Waals surface area contributed by atoms with Crippen LogP contribution in [0.4, 0.5) is 0 Å². The second-order valence-corrected chi connectivity index (χ2v) is 4.26. The minimum Gasteiger partial charge on any atom is -0.365 e. The first-order valence-electron chi connectivity index (χ1n) is 4.20. The van der Waals surface area contributed by atoms with Crippen LogP contribution >= 0.6 is 22.9 Å². The first-order chi connectivity index (χ1) is 7.18. The van der Waals surface area contributed by atoms with Gasteiger partial charge < -0.3 is 10.3 Å². The van der Waals surface area contributed by atoms with E-state index in [9.17, 15) is 4.79 Å². The monoisotopic (exact) mass is 241 g/mol. The van der Waals surface area contributed by atoms with Gasteiger partial charge in [0.05, 0.1) is 17.9 Å². The number of hydrogen-bond donors (Lipinski definition) is 1. The van der Waals surface area contributed by atoms with Crippen LogP contribution in [0.25, 0.3) is 0 Å². The molecule has 0 unspecified atom stereocenters. The van der Waals surface area contributed by atoms with Crippen molar-refractivity contribution in [1.29, 1.82) is 0 Å². The molecule has 4 nitrogen and oxygen atoms in total. The number of thiophene rings is 1. The van der Waals surface area contributed by atoms with E-state index in [4.69, 9.17) is 17.3 Å². The van der Waals surface area contributed by atoms with Gasteiger partial charge in [0, 0.05) is 18.0 Å². The average molecular weight is 242 g/mol. The van der Waals surface area contributed by atoms with Crippen molar-refractivity contribution in [2.24, 2.45) is 5.73 Å². The smallest absolute Gasteiger partial charge is 0.260 e. The zero-order chi connectivity index (χ0) is 10.8. The SMILES string of the molecule is NC(=O)c1scc(Cn2ccnc2)c1Cl. The number of hydrogen-bond acceptors (Lipinski definition) is 3. The van der Waals surface area contributed by atoms with Crippen molar-refractivity contribution in [2.45, 2.75) is 6.54 Å². The highest BCUT2D eigenvalue weighted by atomic mass is 35.5. The van der Waals surface area contributed by atoms with E-state index < -0.39 is 5.91 Å². The number of amides is 1. The molecule has 0 saturated carbocycles. The van der Waals surface area contributed by atoms with Crippen molar-refractivity contribution in [3.8, 4) is 0 Å². The van der Waals surface area contributed by atoms with E-state index in [-0.39, 0.29) is 0 Å². The Kier molecular flexibility index (Phi) is 2.75. The maximum absolute atomic E-state index is 11.0. The molecule has 0 radical (unpaired) electrons. The summed E-state index contributed by atoms with van der Waals surface area (Å²) in [4.78, 5) is 15.3. The van der Waals surface area contributed by atoms with Crippen molar-refractivity contribution >= 4 is 28.8 Å². The zero-order valence-corrected chi connectivity index (χ0v) is 9.26. The molecule has 2 aromatic rings. The number of halogens is 1. The maximum Gasteiger partial charge on any atom is 0.260 e. The van der Waals surface area contributed by atoms with Crippen LogP contribution in [-0.4, -0.2) is 15.5 Å². The van der Waals surface area contributed by atoms with E-state index in [1.807, 2.05) is 16.1 Å². The summed E-state index contributed by atoms with van der Waals surface area (Å²) in [5.41, 5.74) is 6.05. The largest absolute Gasteiger partial charge is 0.365 e. The molecule has 0 aliphatic carbocycles. The Labute approximate surface area is 95.3 Å². The van der Waals surface area contributed by atoms with Gasteiger partial charge in [0.25, 0.3) is 5.91 Å². The lowest BCUT2D eigenvalue weighted by molar-refractivity contribution is 0.100. The molecule has 6 heteroatoms. The van der Waals surface area contributed by atoms with Crippen LogP contribution in [0.3, 0.4) is 0 Å². The molecule has 15 heavy (non-hydrogen) atoms. The molecule has 2 N–H and O–H groups in total. The Morgan fingerprint density at radius 2 is 2.47 bits per heavy atom. The predicted molar refractivity (Wildman–Crippen MR) is 59.2 cm³/mol. The van der Waals surface area contributed by atoms with Crippen molar-refractivity contribution in [2.75, 3.05) is 0 Å². The molecule has 2 rings (SSSR count). The van der Waals surface area contributed by atoms with Crippen molar-refractivity contribution in [1.82, 2.24) is 9.55 Å². The summed E-state index contributed by atoms with van der Waals surface area (Å²) in [6.07, 6.45) is 5.21. The Bertz CT molecular complexity index is 478. The topological polar surface area (TPSA) is 60.9 Å². The Morgan fingerprint density at radius 3 is 3.00 bits per heavy atom. The first kappa shape index (κ1) is 10.2. The van der Waals surface area contributed by atoms with Gasteiger partial charge in [-0.3, -0.25) is 4.79 Å². The lowest BCUT2D eigenvalue weighted by atomic mass is 10.3. The average Bonchev–Trinajstić information content (AvgIpc) is 2.78. The minimum atomic E-state index is -0.484. The van der Waals surface area contributed by atoms with E-state index in [1.165, 1.54) is 11.3 Å². The lowest BCUT2D eigenvalue weighted by Gasteiger charge is -2.00. The molecule has 0 aliphatic heterocycles. The second-order valence-electron chi connectivity index (χ2n) is 3.00. The van der Waals surface area contributed by atoms with Gasteiger partial charge in [0.2, 0.25) is 0 Å². The fraction of sp³-hybridized carbons (Fsp3) is 0.111. The summed E-state index contributed by atoms with van der Waals surface area (Å²) in [7, 11) is 0. The van der Waals surface area contributed by atoms with Crippen molar-refractivity contribution < 1.29 is 4.79 Å². The van der Waals surface area contributed by atoms with Gasteiger partial charge >= 0.3 is 0 Å². The molecule has 0 aliphatic rings. The van der Waals surface area contributed by atoms with Crippen LogP contribution in [0.5, 0.6) is 0 Å². The van der Waals surface area contributed by atoms with E-state index in [0.717, 1.165) is 5.56 Å². The molecule has 0 fully saturated rings. The normalized spacial score (nSPS) is 10.5. The molecular weight excluding hydrogens is 234 g/mol. The molecular formula is C9H8ClN3OS. The number of aromatic nitrogens is 2. The second kappa shape index (κ2) is 4.04. The highest BCUT2D eigenvalue weighted by Gasteiger charge is 2.13. The van der Waals surface area contributed by atoms with Crippen LogP contribution in [0.1, 0.15) is 15.2 Å². The molecule has 0 saturated heterocycles. The van der Waals surface area contributed by atoms with Crippen LogP contribution < -0.4 is 5.73 Å². The van der Waals surface area contributed by atoms with Gasteiger partial charge in [-0.25, -0.2) is 4.98 Å². The number of carbonyl (C=O) groups excluding carboxylic acids is 1. The van der Waals surface area contributed by atoms with Gasteiger partial charge in [-0.2, -0.15) is 0 Å². The summed E-state index contributed by atoms with van der Waals surface area (Å²) in [5.74, 6) is -0.484. The molecule has 2 aromatic heterocycles. The third-order valence-corrected chi connectivity index (χ3v) is 3.52. The molecule has 0 spiro atoms. The molecule has 2 heterocycles. The van der Waals surface area contributed by atoms with Gasteiger partial charge in [-0.1, -0.05) is 11.6 Å². The third kappa shape index (κ3) is 2.03. The number of primary amides is 1. The van der Waals surface area contributed by atoms with E-state index >= 15 is 0 Å². The maximum atomic E-state index is 11.0. The number of imidazole rings is 1. The Hall–Kier alpha value is -1.33. The number of rotatable bonds is 3. The van der Waals surface area contributed by atoms with Crippen LogP contribution in [-0.2, 0) is 6.54 Å². The first-order valence-corrected chi connectivity index (χ1v) is 5.45. The summed E-state index contributed by atoms with van der Waals surface area (Å²) in [6, 6.07) is 0. The van der Waals surface area contributed by atoms with Crippen molar-refractivity contribution in [3.05, 3.63) is 39.6 Å². The van der Waals surface area contributed by atoms with Crippen LogP contribution in [0, 0.1) is 0 Å². The van der Waals surface area contributed by atoms with E-state index in [2.05, 4.69) is 4.98 Å². The van der Waals surface area contributed by atoms with Gasteiger partial charge in [-0.05, 0) is 5.38 Å². The lowest BCUT2D eigenvalue weighted by Crippen LogP contribution is -2.09. The summed E-state index contributed by atoms with van der Waals surface area (Å²) in [6.45, 7) is 0.600. The minimum absolute atomic E-state index is 0.409. The van der Waals surface area contributed by atoms with Crippen LogP contribution in [0.15, 0.2) is 24.1 Å². The van der Waals surface area contributed by atoms with Crippen LogP contribution in [0.2, 0.25) is 5.02 Å². The Morgan fingerprint density at radius 1 is 1.67 bits per heavy atom. The quantitative estimate of drug-likeness (QED) is 0.890. The summed E-state index contributed by atoms with van der Waals surface area (Å²) >= 11 is 7.28. The van der Waals surface area contributed by atoms with E-state index in [1.54, 1.807) is 12.5 Å². The number of carbonyl (C=O) groups is 1. The standard InChI is InChI=1S/C9H8ClN3OS/c10-7-6(3-13-2-1-12-5-13)4-15-8(7)9(11)14/h1-2,4-5H,3H2,(H2,11,14). The molecule has 0 atom stereocenters. The highest BCUT2D eigenvalue weighted by Crippen LogP contribution is 2.27. The molecule has 0 aromatic carbocycles. The Balaban J connectivity index is 2.27. The third-order valence-electron chi connectivity index (χ3n) is 1.94. The highest BCUT2D eigenvalue weighted by molar-refractivity contribution is 7.13. The molecule has 1 amide bonds. The fourth-order valence-corrected chi connectivity index (χ4v) is 2.44. The van der Waals surface area contributed by atoms with Gasteiger partial charge in [0.1, 0.15) is 4.88 Å².